The Labute approximate surface area is 158 Å². The molecule has 0 bridgehead atoms. The molecule has 2 amide bonds. The summed E-state index contributed by atoms with van der Waals surface area (Å²) in [6, 6.07) is 4.28. The van der Waals surface area contributed by atoms with E-state index in [0.29, 0.717) is 12.2 Å². The van der Waals surface area contributed by atoms with Gasteiger partial charge in [-0.1, -0.05) is 13.3 Å². The molecule has 0 saturated heterocycles. The number of hydrogen-bond acceptors (Lipinski definition) is 6. The van der Waals surface area contributed by atoms with Crippen LogP contribution in [-0.4, -0.2) is 45.4 Å². The van der Waals surface area contributed by atoms with E-state index in [1.54, 1.807) is 0 Å². The smallest absolute Gasteiger partial charge is 0.324 e. The molecule has 1 aromatic carbocycles. The van der Waals surface area contributed by atoms with Gasteiger partial charge in [-0.05, 0) is 37.6 Å². The fourth-order valence-electron chi connectivity index (χ4n) is 1.99. The van der Waals surface area contributed by atoms with Gasteiger partial charge in [0, 0.05) is 19.2 Å². The molecule has 1 rings (SSSR count). The number of ether oxygens (including phenoxy) is 1. The SMILES string of the molecule is CCCCNC(=O)COC(=O)[C@H](C)NS(=O)(=O)c1ccc(NC(C)=O)cc1. The summed E-state index contributed by atoms with van der Waals surface area (Å²) in [6.45, 7) is 4.65. The van der Waals surface area contributed by atoms with Crippen molar-refractivity contribution in [3.8, 4) is 0 Å². The number of unbranched alkanes of at least 4 members (excludes halogenated alkanes) is 1. The van der Waals surface area contributed by atoms with Crippen molar-refractivity contribution in [3.63, 3.8) is 0 Å². The van der Waals surface area contributed by atoms with Gasteiger partial charge in [-0.15, -0.1) is 0 Å². The van der Waals surface area contributed by atoms with E-state index >= 15 is 0 Å². The van der Waals surface area contributed by atoms with Gasteiger partial charge < -0.3 is 15.4 Å². The van der Waals surface area contributed by atoms with E-state index < -0.39 is 34.5 Å². The molecule has 9 nitrogen and oxygen atoms in total. The van der Waals surface area contributed by atoms with E-state index in [-0.39, 0.29) is 10.8 Å². The zero-order valence-electron chi connectivity index (χ0n) is 15.6. The highest BCUT2D eigenvalue weighted by Gasteiger charge is 2.23. The maximum absolute atomic E-state index is 12.3. The molecular weight excluding hydrogens is 374 g/mol. The van der Waals surface area contributed by atoms with Crippen molar-refractivity contribution in [2.45, 2.75) is 44.6 Å². The van der Waals surface area contributed by atoms with Gasteiger partial charge in [-0.3, -0.25) is 14.4 Å². The Morgan fingerprint density at radius 2 is 1.78 bits per heavy atom. The second-order valence-corrected chi connectivity index (χ2v) is 7.57. The summed E-state index contributed by atoms with van der Waals surface area (Å²) in [5.74, 6) is -1.58. The van der Waals surface area contributed by atoms with Crippen molar-refractivity contribution >= 4 is 33.5 Å². The van der Waals surface area contributed by atoms with E-state index in [1.165, 1.54) is 38.1 Å². The summed E-state index contributed by atoms with van der Waals surface area (Å²) < 4.78 is 31.6. The second-order valence-electron chi connectivity index (χ2n) is 5.86. The number of rotatable bonds is 10. The van der Waals surface area contributed by atoms with Crippen molar-refractivity contribution in [2.75, 3.05) is 18.5 Å². The highest BCUT2D eigenvalue weighted by Crippen LogP contribution is 2.14. The van der Waals surface area contributed by atoms with Crippen molar-refractivity contribution in [3.05, 3.63) is 24.3 Å². The maximum atomic E-state index is 12.3. The zero-order valence-corrected chi connectivity index (χ0v) is 16.4. The third-order valence-electron chi connectivity index (χ3n) is 3.37. The van der Waals surface area contributed by atoms with Crippen LogP contribution in [0.3, 0.4) is 0 Å². The van der Waals surface area contributed by atoms with Crippen LogP contribution in [0.4, 0.5) is 5.69 Å². The molecule has 0 unspecified atom stereocenters. The van der Waals surface area contributed by atoms with Crippen molar-refractivity contribution < 1.29 is 27.5 Å². The van der Waals surface area contributed by atoms with Crippen LogP contribution in [0.1, 0.15) is 33.6 Å². The summed E-state index contributed by atoms with van der Waals surface area (Å²) in [5, 5.41) is 5.11. The minimum atomic E-state index is -3.97. The van der Waals surface area contributed by atoms with Crippen LogP contribution in [-0.2, 0) is 29.1 Å². The van der Waals surface area contributed by atoms with Crippen molar-refractivity contribution in [2.24, 2.45) is 0 Å². The normalized spacial score (nSPS) is 12.1. The summed E-state index contributed by atoms with van der Waals surface area (Å²) in [4.78, 5) is 34.3. The number of benzene rings is 1. The molecular formula is C17H25N3O6S. The predicted octanol–water partition coefficient (Wildman–Crippen LogP) is 0.771. The third kappa shape index (κ3) is 8.18. The number of carbonyl (C=O) groups excluding carboxylic acids is 3. The quantitative estimate of drug-likeness (QED) is 0.393. The Morgan fingerprint density at radius 1 is 1.15 bits per heavy atom. The van der Waals surface area contributed by atoms with Gasteiger partial charge >= 0.3 is 5.97 Å². The number of sulfonamides is 1. The van der Waals surface area contributed by atoms with Gasteiger partial charge in [-0.25, -0.2) is 8.42 Å². The number of nitrogens with one attached hydrogen (secondary N) is 3. The predicted molar refractivity (Wildman–Crippen MR) is 99.4 cm³/mol. The molecule has 3 N–H and O–H groups in total. The van der Waals surface area contributed by atoms with Crippen LogP contribution in [0.15, 0.2) is 29.2 Å². The molecule has 0 spiro atoms. The van der Waals surface area contributed by atoms with Crippen LogP contribution in [0, 0.1) is 0 Å². The van der Waals surface area contributed by atoms with Gasteiger partial charge in [0.1, 0.15) is 6.04 Å². The first-order valence-corrected chi connectivity index (χ1v) is 9.97. The van der Waals surface area contributed by atoms with Crippen LogP contribution in [0.5, 0.6) is 0 Å². The van der Waals surface area contributed by atoms with Gasteiger partial charge in [0.25, 0.3) is 5.91 Å². The molecule has 150 valence electrons. The molecule has 0 radical (unpaired) electrons. The second kappa shape index (κ2) is 10.6. The summed E-state index contributed by atoms with van der Waals surface area (Å²) in [7, 11) is -3.97. The third-order valence-corrected chi connectivity index (χ3v) is 4.93. The Morgan fingerprint density at radius 3 is 2.33 bits per heavy atom. The minimum Gasteiger partial charge on any atom is -0.454 e. The lowest BCUT2D eigenvalue weighted by molar-refractivity contribution is -0.149. The Hall–Kier alpha value is -2.46. The average molecular weight is 399 g/mol. The molecule has 0 aromatic heterocycles. The molecule has 27 heavy (non-hydrogen) atoms. The van der Waals surface area contributed by atoms with Crippen LogP contribution in [0.25, 0.3) is 0 Å². The minimum absolute atomic E-state index is 0.0754. The van der Waals surface area contributed by atoms with Crippen LogP contribution < -0.4 is 15.4 Å². The summed E-state index contributed by atoms with van der Waals surface area (Å²) >= 11 is 0. The average Bonchev–Trinajstić information content (AvgIpc) is 2.59. The Balaban J connectivity index is 2.58. The number of amides is 2. The number of carbonyl (C=O) groups is 3. The van der Waals surface area contributed by atoms with E-state index in [9.17, 15) is 22.8 Å². The molecule has 0 saturated carbocycles. The molecule has 0 aliphatic rings. The van der Waals surface area contributed by atoms with Gasteiger partial charge in [0.2, 0.25) is 15.9 Å². The molecule has 0 aliphatic carbocycles. The number of anilines is 1. The fraction of sp³-hybridized carbons (Fsp3) is 0.471. The molecule has 1 aromatic rings. The first-order valence-electron chi connectivity index (χ1n) is 8.49. The highest BCUT2D eigenvalue weighted by atomic mass is 32.2. The Kier molecular flexibility index (Phi) is 8.89. The topological polar surface area (TPSA) is 131 Å². The maximum Gasteiger partial charge on any atom is 0.324 e. The van der Waals surface area contributed by atoms with E-state index in [0.717, 1.165) is 12.8 Å². The molecule has 0 heterocycles. The van der Waals surface area contributed by atoms with Gasteiger partial charge in [0.15, 0.2) is 6.61 Å². The summed E-state index contributed by atoms with van der Waals surface area (Å²) in [6.07, 6.45) is 1.74. The Bertz CT molecular complexity index is 761. The van der Waals surface area contributed by atoms with Gasteiger partial charge in [0.05, 0.1) is 4.90 Å². The van der Waals surface area contributed by atoms with Crippen LogP contribution in [0.2, 0.25) is 0 Å². The standard InChI is InChI=1S/C17H25N3O6S/c1-4-5-10-18-16(22)11-26-17(23)12(2)20-27(24,25)15-8-6-14(7-9-15)19-13(3)21/h6-9,12,20H,4-5,10-11H2,1-3H3,(H,18,22)(H,19,21)/t12-/m0/s1. The number of esters is 1. The van der Waals surface area contributed by atoms with Crippen molar-refractivity contribution in [1.29, 1.82) is 0 Å². The molecule has 1 atom stereocenters. The highest BCUT2D eigenvalue weighted by molar-refractivity contribution is 7.89. The van der Waals surface area contributed by atoms with E-state index in [4.69, 9.17) is 4.74 Å². The van der Waals surface area contributed by atoms with Crippen LogP contribution >= 0.6 is 0 Å². The lowest BCUT2D eigenvalue weighted by Gasteiger charge is -2.14. The molecule has 10 heteroatoms. The summed E-state index contributed by atoms with van der Waals surface area (Å²) in [5.41, 5.74) is 0.447. The molecule has 0 aliphatic heterocycles. The lowest BCUT2D eigenvalue weighted by atomic mass is 10.3. The number of hydrogen-bond donors (Lipinski definition) is 3. The fourth-order valence-corrected chi connectivity index (χ4v) is 3.18. The first-order chi connectivity index (χ1) is 12.7. The zero-order chi connectivity index (χ0) is 20.4. The first kappa shape index (κ1) is 22.6. The largest absolute Gasteiger partial charge is 0.454 e. The van der Waals surface area contributed by atoms with Gasteiger partial charge in [-0.2, -0.15) is 4.72 Å². The van der Waals surface area contributed by atoms with E-state index in [2.05, 4.69) is 15.4 Å². The molecule has 0 fully saturated rings. The van der Waals surface area contributed by atoms with E-state index in [1.807, 2.05) is 6.92 Å². The monoisotopic (exact) mass is 399 g/mol. The lowest BCUT2D eigenvalue weighted by Crippen LogP contribution is -2.41. The van der Waals surface area contributed by atoms with Crippen molar-refractivity contribution in [1.82, 2.24) is 10.0 Å².